The van der Waals surface area contributed by atoms with Gasteiger partial charge in [0, 0.05) is 4.47 Å². The minimum Gasteiger partial charge on any atom is -0.349 e. The SMILES string of the molecule is Cc1noc(/C=C/c2ccccc2Br)c1[N+](=O)[O-]. The van der Waals surface area contributed by atoms with E-state index in [0.717, 1.165) is 10.0 Å². The lowest BCUT2D eigenvalue weighted by atomic mass is 10.2. The van der Waals surface area contributed by atoms with Crippen molar-refractivity contribution in [3.63, 3.8) is 0 Å². The summed E-state index contributed by atoms with van der Waals surface area (Å²) < 4.78 is 5.83. The van der Waals surface area contributed by atoms with Crippen molar-refractivity contribution in [3.8, 4) is 0 Å². The first-order valence-corrected chi connectivity index (χ1v) is 5.92. The van der Waals surface area contributed by atoms with E-state index in [9.17, 15) is 10.1 Å². The van der Waals surface area contributed by atoms with Gasteiger partial charge in [0.05, 0.1) is 4.92 Å². The lowest BCUT2D eigenvalue weighted by molar-refractivity contribution is -0.386. The van der Waals surface area contributed by atoms with Crippen LogP contribution >= 0.6 is 15.9 Å². The quantitative estimate of drug-likeness (QED) is 0.638. The third kappa shape index (κ3) is 2.48. The summed E-state index contributed by atoms with van der Waals surface area (Å²) in [6.07, 6.45) is 3.27. The lowest BCUT2D eigenvalue weighted by Crippen LogP contribution is -1.90. The second-order valence-corrected chi connectivity index (χ2v) is 4.45. The fourth-order valence-electron chi connectivity index (χ4n) is 1.49. The molecule has 1 aromatic carbocycles. The average Bonchev–Trinajstić information content (AvgIpc) is 2.69. The number of benzene rings is 1. The van der Waals surface area contributed by atoms with E-state index in [4.69, 9.17) is 4.52 Å². The van der Waals surface area contributed by atoms with E-state index >= 15 is 0 Å². The third-order valence-electron chi connectivity index (χ3n) is 2.36. The van der Waals surface area contributed by atoms with E-state index in [0.29, 0.717) is 0 Å². The van der Waals surface area contributed by atoms with E-state index in [1.807, 2.05) is 24.3 Å². The summed E-state index contributed by atoms with van der Waals surface area (Å²) in [5.41, 5.74) is 1.07. The number of hydrogen-bond donors (Lipinski definition) is 0. The molecule has 18 heavy (non-hydrogen) atoms. The van der Waals surface area contributed by atoms with Crippen molar-refractivity contribution in [2.24, 2.45) is 0 Å². The molecule has 92 valence electrons. The van der Waals surface area contributed by atoms with Gasteiger partial charge in [-0.2, -0.15) is 0 Å². The molecule has 5 nitrogen and oxygen atoms in total. The van der Waals surface area contributed by atoms with Gasteiger partial charge in [0.2, 0.25) is 5.76 Å². The maximum absolute atomic E-state index is 10.8. The van der Waals surface area contributed by atoms with Gasteiger partial charge in [-0.3, -0.25) is 10.1 Å². The van der Waals surface area contributed by atoms with Crippen molar-refractivity contribution in [1.29, 1.82) is 0 Å². The molecule has 2 aromatic rings. The smallest absolute Gasteiger partial charge is 0.338 e. The number of hydrogen-bond acceptors (Lipinski definition) is 4. The molecule has 0 atom stereocenters. The summed E-state index contributed by atoms with van der Waals surface area (Å²) in [6.45, 7) is 1.54. The molecule has 2 rings (SSSR count). The van der Waals surface area contributed by atoms with Gasteiger partial charge in [-0.15, -0.1) is 0 Å². The number of halogens is 1. The van der Waals surface area contributed by atoms with Gasteiger partial charge in [0.1, 0.15) is 0 Å². The van der Waals surface area contributed by atoms with Crippen molar-refractivity contribution in [2.45, 2.75) is 6.92 Å². The number of nitro groups is 1. The Morgan fingerprint density at radius 1 is 1.39 bits per heavy atom. The molecule has 0 aliphatic carbocycles. The first-order valence-electron chi connectivity index (χ1n) is 5.13. The molecule has 0 aliphatic heterocycles. The average molecular weight is 309 g/mol. The second kappa shape index (κ2) is 5.14. The first kappa shape index (κ1) is 12.5. The molecule has 0 saturated carbocycles. The molecule has 0 radical (unpaired) electrons. The van der Waals surface area contributed by atoms with Crippen molar-refractivity contribution in [2.75, 3.05) is 0 Å². The molecule has 6 heteroatoms. The van der Waals surface area contributed by atoms with E-state index in [-0.39, 0.29) is 17.1 Å². The molecule has 0 saturated heterocycles. The van der Waals surface area contributed by atoms with Crippen LogP contribution < -0.4 is 0 Å². The van der Waals surface area contributed by atoms with E-state index < -0.39 is 4.92 Å². The van der Waals surface area contributed by atoms with Crippen molar-refractivity contribution in [1.82, 2.24) is 5.16 Å². The van der Waals surface area contributed by atoms with Crippen LogP contribution in [0.1, 0.15) is 17.0 Å². The lowest BCUT2D eigenvalue weighted by Gasteiger charge is -1.95. The predicted molar refractivity (Wildman–Crippen MR) is 71.0 cm³/mol. The van der Waals surface area contributed by atoms with Gasteiger partial charge >= 0.3 is 5.69 Å². The zero-order chi connectivity index (χ0) is 13.1. The van der Waals surface area contributed by atoms with Crippen LogP contribution in [0.3, 0.4) is 0 Å². The molecule has 0 bridgehead atoms. The molecule has 0 spiro atoms. The Morgan fingerprint density at radius 3 is 2.78 bits per heavy atom. The predicted octanol–water partition coefficient (Wildman–Crippen LogP) is 3.82. The Bertz CT molecular complexity index is 620. The normalized spacial score (nSPS) is 11.0. The van der Waals surface area contributed by atoms with Gasteiger partial charge in [0.15, 0.2) is 5.69 Å². The Kier molecular flexibility index (Phi) is 3.57. The largest absolute Gasteiger partial charge is 0.349 e. The second-order valence-electron chi connectivity index (χ2n) is 3.59. The van der Waals surface area contributed by atoms with E-state index in [1.165, 1.54) is 13.0 Å². The molecular weight excluding hydrogens is 300 g/mol. The standard InChI is InChI=1S/C12H9BrN2O3/c1-8-12(15(16)17)11(18-14-8)7-6-9-4-2-3-5-10(9)13/h2-7H,1H3/b7-6+. The summed E-state index contributed by atoms with van der Waals surface area (Å²) in [5, 5.41) is 14.4. The molecule has 0 fully saturated rings. The first-order chi connectivity index (χ1) is 8.59. The summed E-state index contributed by atoms with van der Waals surface area (Å²) >= 11 is 3.39. The van der Waals surface area contributed by atoms with Crippen LogP contribution in [-0.2, 0) is 0 Å². The maximum Gasteiger partial charge on any atom is 0.338 e. The molecule has 0 aliphatic rings. The van der Waals surface area contributed by atoms with Crippen LogP contribution in [0.25, 0.3) is 12.2 Å². The van der Waals surface area contributed by atoms with Crippen LogP contribution in [0.4, 0.5) is 5.69 Å². The number of aryl methyl sites for hydroxylation is 1. The fourth-order valence-corrected chi connectivity index (χ4v) is 1.91. The highest BCUT2D eigenvalue weighted by Gasteiger charge is 2.21. The highest BCUT2D eigenvalue weighted by atomic mass is 79.9. The third-order valence-corrected chi connectivity index (χ3v) is 3.08. The molecule has 1 aromatic heterocycles. The van der Waals surface area contributed by atoms with Crippen LogP contribution in [0.2, 0.25) is 0 Å². The number of nitrogens with zero attached hydrogens (tertiary/aromatic N) is 2. The van der Waals surface area contributed by atoms with Crippen LogP contribution in [-0.4, -0.2) is 10.1 Å². The van der Waals surface area contributed by atoms with Gasteiger partial charge in [-0.05, 0) is 30.7 Å². The van der Waals surface area contributed by atoms with Gasteiger partial charge in [-0.1, -0.05) is 39.3 Å². The molecular formula is C12H9BrN2O3. The van der Waals surface area contributed by atoms with E-state index in [1.54, 1.807) is 6.08 Å². The minimum absolute atomic E-state index is 0.0988. The maximum atomic E-state index is 10.8. The van der Waals surface area contributed by atoms with E-state index in [2.05, 4.69) is 21.1 Å². The monoisotopic (exact) mass is 308 g/mol. The van der Waals surface area contributed by atoms with Crippen molar-refractivity contribution >= 4 is 33.8 Å². The molecule has 0 amide bonds. The Morgan fingerprint density at radius 2 is 2.11 bits per heavy atom. The number of rotatable bonds is 3. The van der Waals surface area contributed by atoms with Gasteiger partial charge < -0.3 is 4.52 Å². The zero-order valence-electron chi connectivity index (χ0n) is 9.46. The topological polar surface area (TPSA) is 69.2 Å². The van der Waals surface area contributed by atoms with Crippen molar-refractivity contribution in [3.05, 3.63) is 55.9 Å². The molecule has 0 N–H and O–H groups in total. The van der Waals surface area contributed by atoms with Crippen LogP contribution in [0.15, 0.2) is 33.3 Å². The summed E-state index contributed by atoms with van der Waals surface area (Å²) in [7, 11) is 0. The van der Waals surface area contributed by atoms with Gasteiger partial charge in [-0.25, -0.2) is 0 Å². The summed E-state index contributed by atoms with van der Waals surface area (Å²) in [5.74, 6) is 0.147. The molecule has 1 heterocycles. The molecule has 0 unspecified atom stereocenters. The van der Waals surface area contributed by atoms with Crippen LogP contribution in [0.5, 0.6) is 0 Å². The van der Waals surface area contributed by atoms with Gasteiger partial charge in [0.25, 0.3) is 0 Å². The highest BCUT2D eigenvalue weighted by molar-refractivity contribution is 9.10. The Balaban J connectivity index is 2.36. The Hall–Kier alpha value is -1.95. The number of aromatic nitrogens is 1. The Labute approximate surface area is 111 Å². The van der Waals surface area contributed by atoms with Crippen LogP contribution in [0, 0.1) is 17.0 Å². The fraction of sp³-hybridized carbons (Fsp3) is 0.0833. The highest BCUT2D eigenvalue weighted by Crippen LogP contribution is 2.25. The van der Waals surface area contributed by atoms with Crippen molar-refractivity contribution < 1.29 is 9.45 Å². The summed E-state index contributed by atoms with van der Waals surface area (Å²) in [4.78, 5) is 10.3. The minimum atomic E-state index is -0.494. The summed E-state index contributed by atoms with van der Waals surface area (Å²) in [6, 6.07) is 7.54. The zero-order valence-corrected chi connectivity index (χ0v) is 11.0.